The first-order valence-corrected chi connectivity index (χ1v) is 9.71. The minimum Gasteiger partial charge on any atom is -0.457 e. The molecule has 1 aliphatic heterocycles. The molecule has 1 heterocycles. The van der Waals surface area contributed by atoms with Crippen LogP contribution in [0.4, 0.5) is 0 Å². The lowest BCUT2D eigenvalue weighted by Crippen LogP contribution is -2.12. The Hall–Kier alpha value is -3.78. The number of ether oxygens (including phenoxy) is 2. The smallest absolute Gasteiger partial charge is 0.230 e. The molecule has 0 radical (unpaired) electrons. The first-order chi connectivity index (χ1) is 14.4. The van der Waals surface area contributed by atoms with Crippen molar-refractivity contribution in [1.29, 1.82) is 0 Å². The van der Waals surface area contributed by atoms with E-state index in [1.54, 1.807) is 0 Å². The summed E-state index contributed by atoms with van der Waals surface area (Å²) in [5.74, 6) is 1.64. The van der Waals surface area contributed by atoms with E-state index in [0.717, 1.165) is 44.9 Å². The quantitative estimate of drug-likeness (QED) is 0.402. The summed E-state index contributed by atoms with van der Waals surface area (Å²) in [5.41, 5.74) is 6.68. The molecule has 0 unspecified atom stereocenters. The van der Waals surface area contributed by atoms with Crippen molar-refractivity contribution in [3.63, 3.8) is 0 Å². The fraction of sp³-hybridized carbons (Fsp3) is 0.0370. The van der Waals surface area contributed by atoms with E-state index in [1.807, 2.05) is 36.4 Å². The molecule has 5 rings (SSSR count). The van der Waals surface area contributed by atoms with Crippen molar-refractivity contribution in [2.24, 2.45) is 0 Å². The van der Waals surface area contributed by atoms with Crippen molar-refractivity contribution in [2.75, 3.05) is 6.79 Å². The first kappa shape index (κ1) is 17.3. The van der Waals surface area contributed by atoms with Crippen molar-refractivity contribution < 1.29 is 9.47 Å². The lowest BCUT2D eigenvalue weighted by atomic mass is 9.85. The standard InChI is InChI=1S/C27H20O2/c1-3-11-20(12-4-1)26(21-13-5-2-6-14-21)27-22-15-7-9-17-24(22)28-19-29-25-18-10-8-16-23(25)27/h1-18H,19H2. The molecule has 0 amide bonds. The summed E-state index contributed by atoms with van der Waals surface area (Å²) in [7, 11) is 0. The Morgan fingerprint density at radius 3 is 1.38 bits per heavy atom. The third kappa shape index (κ3) is 3.30. The van der Waals surface area contributed by atoms with Gasteiger partial charge >= 0.3 is 0 Å². The third-order valence-corrected chi connectivity index (χ3v) is 5.12. The molecule has 0 saturated carbocycles. The molecule has 0 N–H and O–H groups in total. The molecular weight excluding hydrogens is 356 g/mol. The Morgan fingerprint density at radius 1 is 0.483 bits per heavy atom. The molecule has 0 saturated heterocycles. The highest BCUT2D eigenvalue weighted by atomic mass is 16.7. The average Bonchev–Trinajstić information content (AvgIpc) is 2.78. The Balaban J connectivity index is 1.93. The van der Waals surface area contributed by atoms with Crippen LogP contribution in [0.3, 0.4) is 0 Å². The predicted molar refractivity (Wildman–Crippen MR) is 117 cm³/mol. The number of hydrogen-bond acceptors (Lipinski definition) is 2. The minimum absolute atomic E-state index is 0.188. The Labute approximate surface area is 170 Å². The summed E-state index contributed by atoms with van der Waals surface area (Å²) < 4.78 is 12.0. The summed E-state index contributed by atoms with van der Waals surface area (Å²) in [6.45, 7) is 0.188. The van der Waals surface area contributed by atoms with Gasteiger partial charge in [-0.05, 0) is 28.8 Å². The van der Waals surface area contributed by atoms with E-state index in [0.29, 0.717) is 0 Å². The molecule has 2 nitrogen and oxygen atoms in total. The second-order valence-corrected chi connectivity index (χ2v) is 6.88. The zero-order valence-electron chi connectivity index (χ0n) is 15.9. The maximum absolute atomic E-state index is 5.98. The molecule has 0 fully saturated rings. The van der Waals surface area contributed by atoms with Crippen LogP contribution in [0.1, 0.15) is 22.3 Å². The van der Waals surface area contributed by atoms with Gasteiger partial charge in [-0.15, -0.1) is 0 Å². The van der Waals surface area contributed by atoms with Crippen LogP contribution in [-0.4, -0.2) is 6.79 Å². The highest BCUT2D eigenvalue weighted by Gasteiger charge is 2.23. The van der Waals surface area contributed by atoms with Crippen molar-refractivity contribution in [3.05, 3.63) is 131 Å². The highest BCUT2D eigenvalue weighted by Crippen LogP contribution is 2.43. The number of hydrogen-bond donors (Lipinski definition) is 0. The van der Waals surface area contributed by atoms with Crippen LogP contribution >= 0.6 is 0 Å². The molecule has 4 aromatic carbocycles. The van der Waals surface area contributed by atoms with Crippen LogP contribution in [0.5, 0.6) is 11.5 Å². The van der Waals surface area contributed by atoms with Crippen molar-refractivity contribution >= 4 is 11.1 Å². The summed E-state index contributed by atoms with van der Waals surface area (Å²) >= 11 is 0. The summed E-state index contributed by atoms with van der Waals surface area (Å²) in [5, 5.41) is 0. The van der Waals surface area contributed by atoms with Crippen LogP contribution in [0.25, 0.3) is 11.1 Å². The van der Waals surface area contributed by atoms with Gasteiger partial charge in [-0.25, -0.2) is 0 Å². The minimum atomic E-state index is 0.188. The van der Waals surface area contributed by atoms with Gasteiger partial charge in [0.1, 0.15) is 11.5 Å². The van der Waals surface area contributed by atoms with E-state index in [-0.39, 0.29) is 6.79 Å². The highest BCUT2D eigenvalue weighted by molar-refractivity contribution is 6.06. The zero-order chi connectivity index (χ0) is 19.5. The molecular formula is C27H20O2. The lowest BCUT2D eigenvalue weighted by Gasteiger charge is -2.24. The molecule has 140 valence electrons. The van der Waals surface area contributed by atoms with Crippen LogP contribution in [-0.2, 0) is 0 Å². The van der Waals surface area contributed by atoms with Crippen LogP contribution in [0.15, 0.2) is 109 Å². The summed E-state index contributed by atoms with van der Waals surface area (Å²) in [6.07, 6.45) is 0. The second kappa shape index (κ2) is 7.69. The van der Waals surface area contributed by atoms with Gasteiger partial charge in [0, 0.05) is 16.7 Å². The van der Waals surface area contributed by atoms with Gasteiger partial charge in [-0.3, -0.25) is 0 Å². The Kier molecular flexibility index (Phi) is 4.59. The van der Waals surface area contributed by atoms with E-state index in [9.17, 15) is 0 Å². The predicted octanol–water partition coefficient (Wildman–Crippen LogP) is 6.42. The molecule has 2 heteroatoms. The largest absolute Gasteiger partial charge is 0.457 e. The fourth-order valence-electron chi connectivity index (χ4n) is 3.83. The van der Waals surface area contributed by atoms with Gasteiger partial charge in [-0.2, -0.15) is 0 Å². The molecule has 0 aromatic heterocycles. The summed E-state index contributed by atoms with van der Waals surface area (Å²) in [4.78, 5) is 0. The molecule has 4 aromatic rings. The van der Waals surface area contributed by atoms with Gasteiger partial charge in [0.05, 0.1) is 0 Å². The third-order valence-electron chi connectivity index (χ3n) is 5.12. The SMILES string of the molecule is c1ccc(C(=C2c3ccccc3OCOc3ccccc32)c2ccccc2)cc1. The van der Waals surface area contributed by atoms with Crippen LogP contribution < -0.4 is 9.47 Å². The second-order valence-electron chi connectivity index (χ2n) is 6.88. The normalized spacial score (nSPS) is 12.5. The van der Waals surface area contributed by atoms with Crippen molar-refractivity contribution in [3.8, 4) is 11.5 Å². The topological polar surface area (TPSA) is 18.5 Å². The van der Waals surface area contributed by atoms with E-state index < -0.39 is 0 Å². The number of fused-ring (bicyclic) bond motifs is 2. The molecule has 0 bridgehead atoms. The van der Waals surface area contributed by atoms with Crippen molar-refractivity contribution in [2.45, 2.75) is 0 Å². The van der Waals surface area contributed by atoms with E-state index in [2.05, 4.69) is 72.8 Å². The van der Waals surface area contributed by atoms with Gasteiger partial charge in [0.15, 0.2) is 0 Å². The molecule has 0 spiro atoms. The molecule has 29 heavy (non-hydrogen) atoms. The maximum Gasteiger partial charge on any atom is 0.230 e. The zero-order valence-corrected chi connectivity index (χ0v) is 15.9. The van der Waals surface area contributed by atoms with Gasteiger partial charge in [0.25, 0.3) is 0 Å². The van der Waals surface area contributed by atoms with Gasteiger partial charge < -0.3 is 9.47 Å². The average molecular weight is 376 g/mol. The number of rotatable bonds is 2. The van der Waals surface area contributed by atoms with Crippen molar-refractivity contribution in [1.82, 2.24) is 0 Å². The maximum atomic E-state index is 5.98. The Bertz CT molecular complexity index is 1070. The molecule has 0 aliphatic carbocycles. The van der Waals surface area contributed by atoms with Gasteiger partial charge in [-0.1, -0.05) is 97.1 Å². The van der Waals surface area contributed by atoms with Crippen LogP contribution in [0.2, 0.25) is 0 Å². The lowest BCUT2D eigenvalue weighted by molar-refractivity contribution is 0.118. The first-order valence-electron chi connectivity index (χ1n) is 9.71. The fourth-order valence-corrected chi connectivity index (χ4v) is 3.83. The van der Waals surface area contributed by atoms with E-state index in [1.165, 1.54) is 0 Å². The molecule has 0 atom stereocenters. The monoisotopic (exact) mass is 376 g/mol. The van der Waals surface area contributed by atoms with Gasteiger partial charge in [0.2, 0.25) is 6.79 Å². The number of para-hydroxylation sites is 2. The molecule has 1 aliphatic rings. The van der Waals surface area contributed by atoms with E-state index in [4.69, 9.17) is 9.47 Å². The number of benzene rings is 4. The Morgan fingerprint density at radius 2 is 0.897 bits per heavy atom. The van der Waals surface area contributed by atoms with Crippen LogP contribution in [0, 0.1) is 0 Å². The van der Waals surface area contributed by atoms with E-state index >= 15 is 0 Å². The summed E-state index contributed by atoms with van der Waals surface area (Å²) in [6, 6.07) is 37.4.